The number of rotatable bonds is 5. The average molecular weight is 582 g/mol. The topological polar surface area (TPSA) is 107 Å². The van der Waals surface area contributed by atoms with E-state index in [1.165, 1.54) is 22.9 Å². The number of piperidine rings is 1. The highest BCUT2D eigenvalue weighted by molar-refractivity contribution is 7.99. The minimum absolute atomic E-state index is 0.0168. The first-order valence-corrected chi connectivity index (χ1v) is 15.4. The summed E-state index contributed by atoms with van der Waals surface area (Å²) in [6.45, 7) is 7.61. The Morgan fingerprint density at radius 1 is 1.10 bits per heavy atom. The van der Waals surface area contributed by atoms with Gasteiger partial charge in [-0.15, -0.1) is 4.72 Å². The van der Waals surface area contributed by atoms with Gasteiger partial charge in [-0.3, -0.25) is 4.40 Å². The molecule has 1 aliphatic heterocycles. The molecule has 4 aromatic rings. The van der Waals surface area contributed by atoms with Crippen LogP contribution < -0.4 is 15.4 Å². The summed E-state index contributed by atoms with van der Waals surface area (Å²) in [5, 5.41) is 0.427. The Hall–Kier alpha value is -2.50. The molecule has 2 aliphatic rings. The van der Waals surface area contributed by atoms with Gasteiger partial charge in [0.25, 0.3) is 0 Å². The number of fused-ring (bicyclic) bond motifs is 2. The lowest BCUT2D eigenvalue weighted by atomic mass is 9.72. The number of nitrogens with one attached hydrogen (secondary N) is 1. The van der Waals surface area contributed by atoms with Gasteiger partial charge in [-0.25, -0.2) is 15.0 Å². The van der Waals surface area contributed by atoms with Crippen molar-refractivity contribution in [3.63, 3.8) is 0 Å². The van der Waals surface area contributed by atoms with Crippen LogP contribution in [0, 0.1) is 5.41 Å². The van der Waals surface area contributed by atoms with Gasteiger partial charge >= 0.3 is 0 Å². The Kier molecular flexibility index (Phi) is 6.96. The molecule has 3 N–H and O–H groups in total. The van der Waals surface area contributed by atoms with Gasteiger partial charge in [0.05, 0.1) is 16.0 Å². The molecule has 1 saturated heterocycles. The standard InChI is InChI=1S/C28H32ClN7OS2/c1-27(2,3)39(37)34-22-17-35(12-9-28(22)14-18-6-4-5-7-19(18)15-28)26-33-16-21(25-32-11-13-36(25)26)38-20-8-10-31-24(30)23(20)29/h4-8,10-11,13,16,22,34H,9,12,14-15,17H2,1-3H3,(H2,30,31). The summed E-state index contributed by atoms with van der Waals surface area (Å²) in [5.74, 6) is 1.12. The summed E-state index contributed by atoms with van der Waals surface area (Å²) < 4.78 is 18.6. The van der Waals surface area contributed by atoms with Crippen LogP contribution in [0.2, 0.25) is 5.02 Å². The molecular formula is C28H32ClN7OS2. The number of anilines is 2. The van der Waals surface area contributed by atoms with E-state index >= 15 is 0 Å². The molecule has 39 heavy (non-hydrogen) atoms. The third kappa shape index (κ3) is 4.97. The molecule has 0 bridgehead atoms. The van der Waals surface area contributed by atoms with Crippen LogP contribution in [0.1, 0.15) is 38.3 Å². The first kappa shape index (κ1) is 26.7. The van der Waals surface area contributed by atoms with E-state index in [9.17, 15) is 4.55 Å². The Labute approximate surface area is 241 Å². The van der Waals surface area contributed by atoms with Crippen LogP contribution in [0.4, 0.5) is 11.8 Å². The molecule has 6 rings (SSSR count). The fourth-order valence-electron chi connectivity index (χ4n) is 5.66. The van der Waals surface area contributed by atoms with Crippen LogP contribution in [0.5, 0.6) is 0 Å². The lowest BCUT2D eigenvalue weighted by Crippen LogP contribution is -2.61. The molecule has 2 atom stereocenters. The summed E-state index contributed by atoms with van der Waals surface area (Å²) in [6, 6.07) is 10.6. The zero-order chi connectivity index (χ0) is 27.4. The van der Waals surface area contributed by atoms with Crippen molar-refractivity contribution in [1.29, 1.82) is 0 Å². The van der Waals surface area contributed by atoms with E-state index in [0.717, 1.165) is 47.2 Å². The maximum atomic E-state index is 13.4. The third-order valence-corrected chi connectivity index (χ3v) is 11.0. The highest BCUT2D eigenvalue weighted by Gasteiger charge is 2.50. The number of pyridine rings is 1. The fourth-order valence-corrected chi connectivity index (χ4v) is 7.73. The molecule has 11 heteroatoms. The van der Waals surface area contributed by atoms with E-state index in [1.807, 2.05) is 43.6 Å². The number of imidazole rings is 1. The summed E-state index contributed by atoms with van der Waals surface area (Å²) in [7, 11) is 0. The van der Waals surface area contributed by atoms with Crippen molar-refractivity contribution >= 4 is 52.1 Å². The molecule has 1 aliphatic carbocycles. The van der Waals surface area contributed by atoms with E-state index < -0.39 is 11.4 Å². The van der Waals surface area contributed by atoms with Crippen molar-refractivity contribution < 1.29 is 4.55 Å². The van der Waals surface area contributed by atoms with Crippen molar-refractivity contribution in [1.82, 2.24) is 24.1 Å². The minimum Gasteiger partial charge on any atom is -0.598 e. The molecule has 2 unspecified atom stereocenters. The van der Waals surface area contributed by atoms with E-state index in [2.05, 4.69) is 43.9 Å². The maximum absolute atomic E-state index is 13.4. The zero-order valence-electron chi connectivity index (χ0n) is 22.2. The maximum Gasteiger partial charge on any atom is 0.211 e. The van der Waals surface area contributed by atoms with Crippen LogP contribution in [0.15, 0.2) is 64.9 Å². The summed E-state index contributed by atoms with van der Waals surface area (Å²) in [6.07, 6.45) is 10.2. The Morgan fingerprint density at radius 2 is 1.85 bits per heavy atom. The predicted octanol–water partition coefficient (Wildman–Crippen LogP) is 4.93. The van der Waals surface area contributed by atoms with E-state index in [4.69, 9.17) is 22.3 Å². The van der Waals surface area contributed by atoms with E-state index in [0.29, 0.717) is 17.4 Å². The van der Waals surface area contributed by atoms with Gasteiger partial charge < -0.3 is 15.2 Å². The van der Waals surface area contributed by atoms with Gasteiger partial charge in [0.15, 0.2) is 5.65 Å². The first-order chi connectivity index (χ1) is 18.6. The quantitative estimate of drug-likeness (QED) is 0.320. The van der Waals surface area contributed by atoms with Crippen LogP contribution in [-0.2, 0) is 24.2 Å². The second-order valence-corrected chi connectivity index (χ2v) is 14.8. The molecule has 8 nitrogen and oxygen atoms in total. The van der Waals surface area contributed by atoms with Crippen LogP contribution in [-0.4, -0.2) is 47.8 Å². The number of hydrogen-bond acceptors (Lipinski definition) is 8. The lowest BCUT2D eigenvalue weighted by molar-refractivity contribution is 0.179. The van der Waals surface area contributed by atoms with E-state index in [-0.39, 0.29) is 16.2 Å². The number of nitrogen functional groups attached to an aromatic ring is 1. The molecular weight excluding hydrogens is 550 g/mol. The summed E-state index contributed by atoms with van der Waals surface area (Å²) >= 11 is 6.69. The van der Waals surface area contributed by atoms with Gasteiger partial charge in [0, 0.05) is 59.5 Å². The third-order valence-electron chi connectivity index (χ3n) is 7.79. The monoisotopic (exact) mass is 581 g/mol. The Bertz CT molecular complexity index is 1500. The number of nitrogens with zero attached hydrogens (tertiary/aromatic N) is 5. The van der Waals surface area contributed by atoms with Gasteiger partial charge in [0.1, 0.15) is 10.6 Å². The summed E-state index contributed by atoms with van der Waals surface area (Å²) in [5.41, 5.74) is 9.55. The normalized spacial score (nSPS) is 19.5. The lowest BCUT2D eigenvalue weighted by Gasteiger charge is -2.46. The van der Waals surface area contributed by atoms with Gasteiger partial charge in [-0.05, 0) is 57.2 Å². The number of hydrogen-bond donors (Lipinski definition) is 2. The number of benzene rings is 1. The molecule has 1 spiro atoms. The second-order valence-electron chi connectivity index (χ2n) is 11.4. The SMILES string of the molecule is CC(C)(C)[S+]([O-])NC1CN(c2ncc(Sc3ccnc(N)c3Cl)c3nccn23)CCC12Cc1ccccc1C2. The molecule has 0 radical (unpaired) electrons. The van der Waals surface area contributed by atoms with Crippen molar-refractivity contribution in [3.05, 3.63) is 71.3 Å². The Balaban J connectivity index is 1.31. The van der Waals surface area contributed by atoms with Crippen LogP contribution >= 0.6 is 23.4 Å². The van der Waals surface area contributed by atoms with Crippen LogP contribution in [0.3, 0.4) is 0 Å². The molecule has 3 aromatic heterocycles. The molecule has 1 fully saturated rings. The highest BCUT2D eigenvalue weighted by Crippen LogP contribution is 2.46. The average Bonchev–Trinajstić information content (AvgIpc) is 3.53. The van der Waals surface area contributed by atoms with Gasteiger partial charge in [0.2, 0.25) is 5.95 Å². The largest absolute Gasteiger partial charge is 0.598 e. The fraction of sp³-hybridized carbons (Fsp3) is 0.393. The highest BCUT2D eigenvalue weighted by atomic mass is 35.5. The van der Waals surface area contributed by atoms with Crippen molar-refractivity contribution in [2.24, 2.45) is 5.41 Å². The molecule has 4 heterocycles. The van der Waals surface area contributed by atoms with Crippen molar-refractivity contribution in [2.75, 3.05) is 23.7 Å². The predicted molar refractivity (Wildman–Crippen MR) is 159 cm³/mol. The molecule has 0 saturated carbocycles. The van der Waals surface area contributed by atoms with Crippen LogP contribution in [0.25, 0.3) is 5.65 Å². The smallest absolute Gasteiger partial charge is 0.211 e. The minimum atomic E-state index is -1.19. The van der Waals surface area contributed by atoms with Gasteiger partial charge in [-0.2, -0.15) is 0 Å². The zero-order valence-corrected chi connectivity index (χ0v) is 24.6. The van der Waals surface area contributed by atoms with Crippen molar-refractivity contribution in [2.45, 2.75) is 60.6 Å². The molecule has 204 valence electrons. The number of nitrogens with two attached hydrogens (primary N) is 1. The second kappa shape index (κ2) is 10.2. The molecule has 0 amide bonds. The first-order valence-electron chi connectivity index (χ1n) is 13.0. The van der Waals surface area contributed by atoms with E-state index in [1.54, 1.807) is 12.4 Å². The number of aromatic nitrogens is 4. The Morgan fingerprint density at radius 3 is 2.56 bits per heavy atom. The van der Waals surface area contributed by atoms with Crippen molar-refractivity contribution in [3.8, 4) is 0 Å². The molecule has 1 aromatic carbocycles. The summed E-state index contributed by atoms with van der Waals surface area (Å²) in [4.78, 5) is 17.6. The number of halogens is 1. The van der Waals surface area contributed by atoms with Gasteiger partial charge in [-0.1, -0.05) is 47.6 Å².